The van der Waals surface area contributed by atoms with Gasteiger partial charge in [-0.25, -0.2) is 8.78 Å². The maximum absolute atomic E-state index is 12.4. The number of rotatable bonds is 6. The number of hydrogen-bond acceptors (Lipinski definition) is 4. The molecule has 2 unspecified atom stereocenters. The predicted octanol–water partition coefficient (Wildman–Crippen LogP) is 0.990. The molecule has 2 heterocycles. The second-order valence-corrected chi connectivity index (χ2v) is 7.07. The molecular weight excluding hydrogens is 328 g/mol. The van der Waals surface area contributed by atoms with Crippen LogP contribution in [0.3, 0.4) is 0 Å². The zero-order valence-electron chi connectivity index (χ0n) is 15.7. The molecule has 0 aromatic heterocycles. The van der Waals surface area contributed by atoms with Crippen molar-refractivity contribution in [2.45, 2.75) is 51.2 Å². The molecule has 0 spiro atoms. The van der Waals surface area contributed by atoms with E-state index >= 15 is 0 Å². The van der Waals surface area contributed by atoms with E-state index in [-0.39, 0.29) is 12.6 Å². The molecule has 0 amide bonds. The van der Waals surface area contributed by atoms with Crippen LogP contribution < -0.4 is 10.6 Å². The minimum Gasteiger partial charge on any atom is -0.379 e. The van der Waals surface area contributed by atoms with Crippen molar-refractivity contribution in [2.75, 3.05) is 53.0 Å². The van der Waals surface area contributed by atoms with Gasteiger partial charge in [-0.2, -0.15) is 0 Å². The maximum atomic E-state index is 12.4. The first kappa shape index (κ1) is 20.3. The Labute approximate surface area is 150 Å². The molecule has 2 N–H and O–H groups in total. The molecule has 2 rings (SSSR count). The smallest absolute Gasteiger partial charge is 0.251 e. The van der Waals surface area contributed by atoms with Crippen LogP contribution in [0, 0.1) is 0 Å². The topological polar surface area (TPSA) is 52.1 Å². The average molecular weight is 361 g/mol. The highest BCUT2D eigenvalue weighted by Gasteiger charge is 2.25. The van der Waals surface area contributed by atoms with E-state index in [0.717, 1.165) is 45.1 Å². The second kappa shape index (κ2) is 10.2. The predicted molar refractivity (Wildman–Crippen MR) is 96.4 cm³/mol. The molecule has 0 aromatic rings. The van der Waals surface area contributed by atoms with Crippen LogP contribution in [-0.2, 0) is 4.74 Å². The van der Waals surface area contributed by atoms with Gasteiger partial charge in [0.1, 0.15) is 0 Å². The summed E-state index contributed by atoms with van der Waals surface area (Å²) in [6, 6.07) is 1.11. The van der Waals surface area contributed by atoms with E-state index in [1.54, 1.807) is 7.05 Å². The Morgan fingerprint density at radius 3 is 2.60 bits per heavy atom. The van der Waals surface area contributed by atoms with Crippen molar-refractivity contribution in [2.24, 2.45) is 4.99 Å². The fourth-order valence-corrected chi connectivity index (χ4v) is 3.60. The Morgan fingerprint density at radius 2 is 2.00 bits per heavy atom. The molecule has 146 valence electrons. The van der Waals surface area contributed by atoms with Gasteiger partial charge in [-0.05, 0) is 26.7 Å². The third-order valence-corrected chi connectivity index (χ3v) is 5.10. The van der Waals surface area contributed by atoms with Crippen LogP contribution in [0.15, 0.2) is 4.99 Å². The molecule has 25 heavy (non-hydrogen) atoms. The number of guanidine groups is 1. The van der Waals surface area contributed by atoms with Crippen molar-refractivity contribution in [3.8, 4) is 0 Å². The molecule has 0 aromatic carbocycles. The van der Waals surface area contributed by atoms with Gasteiger partial charge in [0.05, 0.1) is 19.8 Å². The number of ether oxygens (including phenoxy) is 1. The standard InChI is InChI=1S/C17H33F2N5O/c1-13(24-8-9-25-12-14(24)2)10-21-17(20-3)22-15-4-6-23(7-5-15)11-16(18)19/h13-16H,4-12H2,1-3H3,(H2,20,21,22). The first-order valence-electron chi connectivity index (χ1n) is 9.30. The molecular formula is C17H33F2N5O. The van der Waals surface area contributed by atoms with Crippen molar-refractivity contribution in [3.63, 3.8) is 0 Å². The summed E-state index contributed by atoms with van der Waals surface area (Å²) in [7, 11) is 1.77. The molecule has 2 atom stereocenters. The first-order chi connectivity index (χ1) is 12.0. The van der Waals surface area contributed by atoms with E-state index < -0.39 is 6.43 Å². The minimum absolute atomic E-state index is 0.116. The quantitative estimate of drug-likeness (QED) is 0.546. The summed E-state index contributed by atoms with van der Waals surface area (Å²) in [6.45, 7) is 9.05. The van der Waals surface area contributed by atoms with Gasteiger partial charge in [-0.15, -0.1) is 0 Å². The molecule has 6 nitrogen and oxygen atoms in total. The third-order valence-electron chi connectivity index (χ3n) is 5.10. The Hall–Kier alpha value is -0.990. The summed E-state index contributed by atoms with van der Waals surface area (Å²) in [4.78, 5) is 8.59. The molecule has 2 aliphatic rings. The molecule has 2 saturated heterocycles. The van der Waals surface area contributed by atoms with Crippen molar-refractivity contribution >= 4 is 5.96 Å². The van der Waals surface area contributed by atoms with Gasteiger partial charge in [-0.3, -0.25) is 14.8 Å². The maximum Gasteiger partial charge on any atom is 0.251 e. The number of alkyl halides is 2. The number of halogens is 2. The number of likely N-dealkylation sites (tertiary alicyclic amines) is 1. The first-order valence-corrected chi connectivity index (χ1v) is 9.30. The van der Waals surface area contributed by atoms with E-state index in [4.69, 9.17) is 4.74 Å². The lowest BCUT2D eigenvalue weighted by Crippen LogP contribution is -2.54. The summed E-state index contributed by atoms with van der Waals surface area (Å²) in [6.07, 6.45) is -0.518. The van der Waals surface area contributed by atoms with Crippen LogP contribution in [0.4, 0.5) is 8.78 Å². The second-order valence-electron chi connectivity index (χ2n) is 7.07. The summed E-state index contributed by atoms with van der Waals surface area (Å²) >= 11 is 0. The van der Waals surface area contributed by atoms with E-state index in [2.05, 4.69) is 34.4 Å². The van der Waals surface area contributed by atoms with Gasteiger partial charge in [-0.1, -0.05) is 0 Å². The van der Waals surface area contributed by atoms with Crippen molar-refractivity contribution in [1.29, 1.82) is 0 Å². The summed E-state index contributed by atoms with van der Waals surface area (Å²) in [5.41, 5.74) is 0. The van der Waals surface area contributed by atoms with E-state index in [0.29, 0.717) is 25.2 Å². The highest BCUT2D eigenvalue weighted by Crippen LogP contribution is 2.12. The van der Waals surface area contributed by atoms with Crippen LogP contribution in [-0.4, -0.2) is 93.3 Å². The monoisotopic (exact) mass is 361 g/mol. The highest BCUT2D eigenvalue weighted by molar-refractivity contribution is 5.80. The largest absolute Gasteiger partial charge is 0.379 e. The fourth-order valence-electron chi connectivity index (χ4n) is 3.60. The Balaban J connectivity index is 1.70. The van der Waals surface area contributed by atoms with Gasteiger partial charge >= 0.3 is 0 Å². The summed E-state index contributed by atoms with van der Waals surface area (Å²) in [5, 5.41) is 6.83. The molecule has 8 heteroatoms. The zero-order chi connectivity index (χ0) is 18.2. The molecule has 0 radical (unpaired) electrons. The minimum atomic E-state index is -2.25. The number of nitrogens with zero attached hydrogens (tertiary/aromatic N) is 3. The Bertz CT molecular complexity index is 416. The van der Waals surface area contributed by atoms with Gasteiger partial charge in [0, 0.05) is 51.4 Å². The van der Waals surface area contributed by atoms with Crippen molar-refractivity contribution in [3.05, 3.63) is 0 Å². The Morgan fingerprint density at radius 1 is 1.28 bits per heavy atom. The number of piperidine rings is 1. The van der Waals surface area contributed by atoms with Crippen LogP contribution in [0.5, 0.6) is 0 Å². The number of hydrogen-bond donors (Lipinski definition) is 2. The van der Waals surface area contributed by atoms with E-state index in [1.807, 2.05) is 4.90 Å². The lowest BCUT2D eigenvalue weighted by atomic mass is 10.1. The molecule has 2 aliphatic heterocycles. The number of morpholine rings is 1. The lowest BCUT2D eigenvalue weighted by molar-refractivity contribution is -0.0174. The van der Waals surface area contributed by atoms with Crippen molar-refractivity contribution in [1.82, 2.24) is 20.4 Å². The van der Waals surface area contributed by atoms with E-state index in [9.17, 15) is 8.78 Å². The van der Waals surface area contributed by atoms with Gasteiger partial charge < -0.3 is 15.4 Å². The number of aliphatic imine (C=N–C) groups is 1. The summed E-state index contributed by atoms with van der Waals surface area (Å²) in [5.74, 6) is 0.792. The lowest BCUT2D eigenvalue weighted by Gasteiger charge is -2.38. The van der Waals surface area contributed by atoms with Crippen LogP contribution in [0.2, 0.25) is 0 Å². The zero-order valence-corrected chi connectivity index (χ0v) is 15.7. The normalized spacial score (nSPS) is 26.0. The highest BCUT2D eigenvalue weighted by atomic mass is 19.3. The van der Waals surface area contributed by atoms with E-state index in [1.165, 1.54) is 0 Å². The Kier molecular flexibility index (Phi) is 8.32. The number of nitrogens with one attached hydrogen (secondary N) is 2. The fraction of sp³-hybridized carbons (Fsp3) is 0.941. The molecule has 0 bridgehead atoms. The van der Waals surface area contributed by atoms with Crippen LogP contribution in [0.25, 0.3) is 0 Å². The molecule has 0 saturated carbocycles. The van der Waals surface area contributed by atoms with Gasteiger partial charge in [0.2, 0.25) is 0 Å². The summed E-state index contributed by atoms with van der Waals surface area (Å²) < 4.78 is 30.4. The van der Waals surface area contributed by atoms with Crippen molar-refractivity contribution < 1.29 is 13.5 Å². The average Bonchev–Trinajstić information content (AvgIpc) is 2.59. The molecule has 0 aliphatic carbocycles. The van der Waals surface area contributed by atoms with Gasteiger partial charge in [0.15, 0.2) is 5.96 Å². The SMILES string of the molecule is CN=C(NCC(C)N1CCOCC1C)NC1CCN(CC(F)F)CC1. The third kappa shape index (κ3) is 6.67. The van der Waals surface area contributed by atoms with Crippen LogP contribution >= 0.6 is 0 Å². The molecule has 2 fully saturated rings. The van der Waals surface area contributed by atoms with Crippen LogP contribution in [0.1, 0.15) is 26.7 Å². The van der Waals surface area contributed by atoms with Gasteiger partial charge in [0.25, 0.3) is 6.43 Å².